The second-order valence-electron chi connectivity index (χ2n) is 4.79. The molecule has 94 valence electrons. The van der Waals surface area contributed by atoms with Crippen LogP contribution in [0.2, 0.25) is 5.15 Å². The summed E-state index contributed by atoms with van der Waals surface area (Å²) in [4.78, 5) is 15.9. The Kier molecular flexibility index (Phi) is 4.48. The number of nitrogens with one attached hydrogen (secondary N) is 1. The minimum Gasteiger partial charge on any atom is -0.395 e. The summed E-state index contributed by atoms with van der Waals surface area (Å²) in [5.74, 6) is -0.256. The third-order valence-corrected chi connectivity index (χ3v) is 2.42. The molecule has 0 spiro atoms. The standard InChI is InChI=1S/C12H17ClN2O2/c1-12(2,3)9-6-8(7-10(13)15-9)11(17)14-4-5-16/h6-7,16H,4-5H2,1-3H3,(H,14,17). The highest BCUT2D eigenvalue weighted by molar-refractivity contribution is 6.29. The molecule has 0 aliphatic heterocycles. The maximum absolute atomic E-state index is 11.7. The molecule has 0 unspecified atom stereocenters. The van der Waals surface area contributed by atoms with Crippen LogP contribution in [0.15, 0.2) is 12.1 Å². The van der Waals surface area contributed by atoms with E-state index in [1.807, 2.05) is 20.8 Å². The van der Waals surface area contributed by atoms with E-state index in [4.69, 9.17) is 16.7 Å². The fraction of sp³-hybridized carbons (Fsp3) is 0.500. The van der Waals surface area contributed by atoms with E-state index in [1.54, 1.807) is 6.07 Å². The van der Waals surface area contributed by atoms with Crippen LogP contribution in [0, 0.1) is 0 Å². The maximum Gasteiger partial charge on any atom is 0.251 e. The number of hydrogen-bond acceptors (Lipinski definition) is 3. The molecular formula is C12H17ClN2O2. The van der Waals surface area contributed by atoms with Crippen molar-refractivity contribution in [3.8, 4) is 0 Å². The van der Waals surface area contributed by atoms with Gasteiger partial charge in [0.2, 0.25) is 0 Å². The van der Waals surface area contributed by atoms with Gasteiger partial charge in [0.1, 0.15) is 5.15 Å². The summed E-state index contributed by atoms with van der Waals surface area (Å²) < 4.78 is 0. The lowest BCUT2D eigenvalue weighted by Crippen LogP contribution is -2.27. The minimum absolute atomic E-state index is 0.0866. The Morgan fingerprint density at radius 1 is 1.47 bits per heavy atom. The van der Waals surface area contributed by atoms with Gasteiger partial charge in [-0.15, -0.1) is 0 Å². The molecule has 5 heteroatoms. The van der Waals surface area contributed by atoms with Crippen LogP contribution in [0.4, 0.5) is 0 Å². The van der Waals surface area contributed by atoms with Gasteiger partial charge in [-0.1, -0.05) is 32.4 Å². The van der Waals surface area contributed by atoms with Gasteiger partial charge in [0.05, 0.1) is 6.61 Å². The molecule has 0 saturated carbocycles. The third-order valence-electron chi connectivity index (χ3n) is 2.22. The Bertz CT molecular complexity index is 413. The Labute approximate surface area is 106 Å². The summed E-state index contributed by atoms with van der Waals surface area (Å²) in [6.45, 7) is 6.14. The lowest BCUT2D eigenvalue weighted by Gasteiger charge is -2.18. The number of aliphatic hydroxyl groups excluding tert-OH is 1. The van der Waals surface area contributed by atoms with Gasteiger partial charge in [0, 0.05) is 23.2 Å². The van der Waals surface area contributed by atoms with E-state index in [0.29, 0.717) is 10.7 Å². The smallest absolute Gasteiger partial charge is 0.251 e. The molecule has 0 saturated heterocycles. The first kappa shape index (κ1) is 13.9. The number of carbonyl (C=O) groups is 1. The van der Waals surface area contributed by atoms with Gasteiger partial charge in [0.25, 0.3) is 5.91 Å². The Morgan fingerprint density at radius 3 is 2.65 bits per heavy atom. The largest absolute Gasteiger partial charge is 0.395 e. The van der Waals surface area contributed by atoms with Gasteiger partial charge < -0.3 is 10.4 Å². The monoisotopic (exact) mass is 256 g/mol. The summed E-state index contributed by atoms with van der Waals surface area (Å²) in [7, 11) is 0. The highest BCUT2D eigenvalue weighted by Crippen LogP contribution is 2.23. The summed E-state index contributed by atoms with van der Waals surface area (Å²) in [5, 5.41) is 11.5. The van der Waals surface area contributed by atoms with Crippen molar-refractivity contribution in [1.29, 1.82) is 0 Å². The van der Waals surface area contributed by atoms with E-state index in [0.717, 1.165) is 5.69 Å². The SMILES string of the molecule is CC(C)(C)c1cc(C(=O)NCCO)cc(Cl)n1. The third kappa shape index (κ3) is 3.98. The number of pyridine rings is 1. The Hall–Kier alpha value is -1.13. The average molecular weight is 257 g/mol. The topological polar surface area (TPSA) is 62.2 Å². The van der Waals surface area contributed by atoms with Crippen molar-refractivity contribution in [2.75, 3.05) is 13.2 Å². The van der Waals surface area contributed by atoms with Crippen LogP contribution in [0.3, 0.4) is 0 Å². The van der Waals surface area contributed by atoms with Crippen molar-refractivity contribution in [1.82, 2.24) is 10.3 Å². The maximum atomic E-state index is 11.7. The second kappa shape index (κ2) is 5.47. The number of aliphatic hydroxyl groups is 1. The molecule has 0 fully saturated rings. The zero-order valence-electron chi connectivity index (χ0n) is 10.2. The fourth-order valence-corrected chi connectivity index (χ4v) is 1.49. The highest BCUT2D eigenvalue weighted by Gasteiger charge is 2.18. The van der Waals surface area contributed by atoms with E-state index in [-0.39, 0.29) is 24.5 Å². The van der Waals surface area contributed by atoms with E-state index >= 15 is 0 Å². The molecule has 4 nitrogen and oxygen atoms in total. The van der Waals surface area contributed by atoms with Crippen LogP contribution in [0.5, 0.6) is 0 Å². The van der Waals surface area contributed by atoms with Crippen LogP contribution < -0.4 is 5.32 Å². The normalized spacial score (nSPS) is 11.4. The lowest BCUT2D eigenvalue weighted by molar-refractivity contribution is 0.0944. The van der Waals surface area contributed by atoms with E-state index < -0.39 is 0 Å². The number of nitrogens with zero attached hydrogens (tertiary/aromatic N) is 1. The van der Waals surface area contributed by atoms with Crippen LogP contribution in [0.1, 0.15) is 36.8 Å². The Morgan fingerprint density at radius 2 is 2.12 bits per heavy atom. The van der Waals surface area contributed by atoms with Gasteiger partial charge in [-0.05, 0) is 12.1 Å². The predicted octanol–water partition coefficient (Wildman–Crippen LogP) is 1.75. The number of hydrogen-bond donors (Lipinski definition) is 2. The number of amides is 1. The molecule has 0 aromatic carbocycles. The molecule has 1 aromatic rings. The number of halogens is 1. The second-order valence-corrected chi connectivity index (χ2v) is 5.18. The molecule has 0 atom stereocenters. The molecule has 17 heavy (non-hydrogen) atoms. The number of aromatic nitrogens is 1. The first-order valence-corrected chi connectivity index (χ1v) is 5.79. The summed E-state index contributed by atoms with van der Waals surface area (Å²) in [6, 6.07) is 3.24. The predicted molar refractivity (Wildman–Crippen MR) is 67.4 cm³/mol. The molecule has 0 aliphatic carbocycles. The van der Waals surface area contributed by atoms with Crippen molar-refractivity contribution >= 4 is 17.5 Å². The lowest BCUT2D eigenvalue weighted by atomic mass is 9.91. The van der Waals surface area contributed by atoms with Crippen LogP contribution in [-0.4, -0.2) is 29.1 Å². The van der Waals surface area contributed by atoms with Gasteiger partial charge in [0.15, 0.2) is 0 Å². The summed E-state index contributed by atoms with van der Waals surface area (Å²) >= 11 is 5.89. The van der Waals surface area contributed by atoms with Crippen LogP contribution >= 0.6 is 11.6 Å². The molecule has 2 N–H and O–H groups in total. The zero-order valence-corrected chi connectivity index (χ0v) is 11.0. The number of carbonyl (C=O) groups excluding carboxylic acids is 1. The van der Waals surface area contributed by atoms with Gasteiger partial charge in [-0.25, -0.2) is 4.98 Å². The van der Waals surface area contributed by atoms with Crippen LogP contribution in [0.25, 0.3) is 0 Å². The molecule has 1 aromatic heterocycles. The van der Waals surface area contributed by atoms with Gasteiger partial charge in [-0.2, -0.15) is 0 Å². The first-order valence-electron chi connectivity index (χ1n) is 5.41. The van der Waals surface area contributed by atoms with Crippen molar-refractivity contribution in [3.05, 3.63) is 28.5 Å². The molecule has 0 bridgehead atoms. The quantitative estimate of drug-likeness (QED) is 0.810. The average Bonchev–Trinajstić information content (AvgIpc) is 2.23. The van der Waals surface area contributed by atoms with Crippen molar-refractivity contribution in [2.24, 2.45) is 0 Å². The molecule has 0 radical (unpaired) electrons. The molecule has 1 rings (SSSR count). The minimum atomic E-state index is -0.256. The van der Waals surface area contributed by atoms with Gasteiger partial charge in [-0.3, -0.25) is 4.79 Å². The molecule has 1 amide bonds. The molecule has 1 heterocycles. The van der Waals surface area contributed by atoms with Crippen molar-refractivity contribution in [2.45, 2.75) is 26.2 Å². The first-order chi connectivity index (χ1) is 7.84. The van der Waals surface area contributed by atoms with Crippen LogP contribution in [-0.2, 0) is 5.41 Å². The van der Waals surface area contributed by atoms with E-state index in [9.17, 15) is 4.79 Å². The molecule has 0 aliphatic rings. The molecular weight excluding hydrogens is 240 g/mol. The Balaban J connectivity index is 3.01. The number of rotatable bonds is 3. The highest BCUT2D eigenvalue weighted by atomic mass is 35.5. The van der Waals surface area contributed by atoms with Gasteiger partial charge >= 0.3 is 0 Å². The van der Waals surface area contributed by atoms with Crippen molar-refractivity contribution in [3.63, 3.8) is 0 Å². The fourth-order valence-electron chi connectivity index (χ4n) is 1.28. The van der Waals surface area contributed by atoms with E-state index in [1.165, 1.54) is 6.07 Å². The summed E-state index contributed by atoms with van der Waals surface area (Å²) in [5.41, 5.74) is 1.05. The van der Waals surface area contributed by atoms with Crippen molar-refractivity contribution < 1.29 is 9.90 Å². The van der Waals surface area contributed by atoms with E-state index in [2.05, 4.69) is 10.3 Å². The summed E-state index contributed by atoms with van der Waals surface area (Å²) in [6.07, 6.45) is 0. The zero-order chi connectivity index (χ0) is 13.1.